The summed E-state index contributed by atoms with van der Waals surface area (Å²) >= 11 is 0. The highest BCUT2D eigenvalue weighted by molar-refractivity contribution is 6.05. The fourth-order valence-electron chi connectivity index (χ4n) is 3.69. The lowest BCUT2D eigenvalue weighted by Crippen LogP contribution is -2.34. The van der Waals surface area contributed by atoms with Gasteiger partial charge in [0.1, 0.15) is 5.82 Å². The number of carbonyl (C=O) groups is 2. The largest absolute Gasteiger partial charge is 0.340 e. The molecule has 1 saturated heterocycles. The van der Waals surface area contributed by atoms with Crippen LogP contribution < -0.4 is 0 Å². The minimum Gasteiger partial charge on any atom is -0.340 e. The first kappa shape index (κ1) is 12.6. The van der Waals surface area contributed by atoms with Crippen molar-refractivity contribution in [2.45, 2.75) is 32.2 Å². The van der Waals surface area contributed by atoms with Gasteiger partial charge in [0.15, 0.2) is 0 Å². The second-order valence-corrected chi connectivity index (χ2v) is 6.01. The van der Waals surface area contributed by atoms with Crippen molar-refractivity contribution >= 4 is 22.8 Å². The molecule has 0 radical (unpaired) electrons. The number of fused-ring (bicyclic) bond motifs is 2. The van der Waals surface area contributed by atoms with Crippen LogP contribution in [0.1, 0.15) is 38.1 Å². The van der Waals surface area contributed by atoms with Crippen LogP contribution in [0.25, 0.3) is 11.0 Å². The number of benzene rings is 1. The number of rotatable bonds is 2. The van der Waals surface area contributed by atoms with E-state index in [1.54, 1.807) is 0 Å². The number of para-hydroxylation sites is 2. The molecular weight excluding hydrogens is 266 g/mol. The van der Waals surface area contributed by atoms with E-state index in [4.69, 9.17) is 0 Å². The third-order valence-electron chi connectivity index (χ3n) is 4.82. The molecule has 4 rings (SSSR count). The van der Waals surface area contributed by atoms with Gasteiger partial charge in [0.25, 0.3) is 0 Å². The van der Waals surface area contributed by atoms with E-state index in [2.05, 4.69) is 9.97 Å². The molecule has 108 valence electrons. The molecule has 2 fully saturated rings. The number of hydrogen-bond donors (Lipinski definition) is 1. The van der Waals surface area contributed by atoms with Gasteiger partial charge in [0.2, 0.25) is 11.8 Å². The molecule has 1 N–H and O–H groups in total. The summed E-state index contributed by atoms with van der Waals surface area (Å²) in [5.74, 6) is 0.456. The molecule has 5 nitrogen and oxygen atoms in total. The van der Waals surface area contributed by atoms with Crippen molar-refractivity contribution in [3.63, 3.8) is 0 Å². The molecule has 2 heterocycles. The van der Waals surface area contributed by atoms with Crippen LogP contribution in [0, 0.1) is 11.8 Å². The second kappa shape index (κ2) is 4.41. The first-order chi connectivity index (χ1) is 10.2. The topological polar surface area (TPSA) is 66.1 Å². The van der Waals surface area contributed by atoms with Gasteiger partial charge in [-0.25, -0.2) is 4.98 Å². The minimum absolute atomic E-state index is 0.0181. The Morgan fingerprint density at radius 2 is 1.86 bits per heavy atom. The van der Waals surface area contributed by atoms with E-state index in [0.29, 0.717) is 5.82 Å². The molecule has 0 spiro atoms. The Kier molecular flexibility index (Phi) is 2.64. The van der Waals surface area contributed by atoms with Crippen LogP contribution in [-0.4, -0.2) is 26.7 Å². The molecule has 3 unspecified atom stereocenters. The van der Waals surface area contributed by atoms with Crippen molar-refractivity contribution in [3.05, 3.63) is 30.1 Å². The molecular formula is C16H17N3O2. The van der Waals surface area contributed by atoms with E-state index in [0.717, 1.165) is 30.3 Å². The molecule has 1 aliphatic heterocycles. The monoisotopic (exact) mass is 283 g/mol. The Hall–Kier alpha value is -2.17. The number of hydrogen-bond acceptors (Lipinski definition) is 3. The van der Waals surface area contributed by atoms with Gasteiger partial charge < -0.3 is 4.98 Å². The van der Waals surface area contributed by atoms with Crippen molar-refractivity contribution < 1.29 is 9.59 Å². The van der Waals surface area contributed by atoms with Crippen molar-refractivity contribution in [1.29, 1.82) is 0 Å². The number of H-pyrrole nitrogens is 1. The zero-order chi connectivity index (χ0) is 14.6. The SMILES string of the molecule is CC(c1nc2ccccc2[nH]1)N1C(=O)C2CCCC2C1=O. The number of nitrogens with one attached hydrogen (secondary N) is 1. The zero-order valence-corrected chi connectivity index (χ0v) is 11.9. The maximum Gasteiger partial charge on any atom is 0.233 e. The third-order valence-corrected chi connectivity index (χ3v) is 4.82. The van der Waals surface area contributed by atoms with Crippen LogP contribution >= 0.6 is 0 Å². The van der Waals surface area contributed by atoms with Crippen LogP contribution in [-0.2, 0) is 9.59 Å². The van der Waals surface area contributed by atoms with E-state index in [1.807, 2.05) is 31.2 Å². The predicted molar refractivity (Wildman–Crippen MR) is 77.2 cm³/mol. The van der Waals surface area contributed by atoms with E-state index in [9.17, 15) is 9.59 Å². The van der Waals surface area contributed by atoms with Gasteiger partial charge in [0, 0.05) is 0 Å². The predicted octanol–water partition coefficient (Wildman–Crippen LogP) is 2.41. The van der Waals surface area contributed by atoms with Crippen molar-refractivity contribution in [2.75, 3.05) is 0 Å². The Labute approximate surface area is 122 Å². The normalized spacial score (nSPS) is 26.6. The number of aromatic nitrogens is 2. The average Bonchev–Trinajstić information content (AvgIpc) is 3.17. The second-order valence-electron chi connectivity index (χ2n) is 6.01. The van der Waals surface area contributed by atoms with Crippen LogP contribution in [0.5, 0.6) is 0 Å². The summed E-state index contributed by atoms with van der Waals surface area (Å²) in [5, 5.41) is 0. The summed E-state index contributed by atoms with van der Waals surface area (Å²) in [7, 11) is 0. The Morgan fingerprint density at radius 3 is 2.52 bits per heavy atom. The van der Waals surface area contributed by atoms with Gasteiger partial charge in [-0.3, -0.25) is 14.5 Å². The third kappa shape index (κ3) is 1.73. The number of imidazole rings is 1. The lowest BCUT2D eigenvalue weighted by atomic mass is 10.00. The molecule has 2 aliphatic rings. The number of nitrogens with zero attached hydrogens (tertiary/aromatic N) is 2. The molecule has 1 aromatic carbocycles. The van der Waals surface area contributed by atoms with E-state index < -0.39 is 0 Å². The Balaban J connectivity index is 1.69. The number of likely N-dealkylation sites (tertiary alicyclic amines) is 1. The van der Waals surface area contributed by atoms with E-state index >= 15 is 0 Å². The summed E-state index contributed by atoms with van der Waals surface area (Å²) < 4.78 is 0. The summed E-state index contributed by atoms with van der Waals surface area (Å²) in [5.41, 5.74) is 1.79. The highest BCUT2D eigenvalue weighted by Gasteiger charge is 2.51. The maximum atomic E-state index is 12.5. The quantitative estimate of drug-likeness (QED) is 0.861. The average molecular weight is 283 g/mol. The molecule has 2 amide bonds. The molecule has 1 aliphatic carbocycles. The molecule has 5 heteroatoms. The minimum atomic E-state index is -0.331. The lowest BCUT2D eigenvalue weighted by molar-refractivity contribution is -0.143. The molecule has 3 atom stereocenters. The van der Waals surface area contributed by atoms with Crippen LogP contribution in [0.4, 0.5) is 0 Å². The smallest absolute Gasteiger partial charge is 0.233 e. The van der Waals surface area contributed by atoms with Crippen molar-refractivity contribution in [2.24, 2.45) is 11.8 Å². The fourth-order valence-corrected chi connectivity index (χ4v) is 3.69. The summed E-state index contributed by atoms with van der Waals surface area (Å²) in [4.78, 5) is 34.1. The number of aromatic amines is 1. The molecule has 0 bridgehead atoms. The maximum absolute atomic E-state index is 12.5. The lowest BCUT2D eigenvalue weighted by Gasteiger charge is -2.22. The van der Waals surface area contributed by atoms with Gasteiger partial charge in [-0.15, -0.1) is 0 Å². The first-order valence-electron chi connectivity index (χ1n) is 7.48. The number of carbonyl (C=O) groups excluding carboxylic acids is 2. The van der Waals surface area contributed by atoms with Crippen molar-refractivity contribution in [3.8, 4) is 0 Å². The number of imide groups is 1. The molecule has 2 aromatic rings. The Morgan fingerprint density at radius 1 is 1.19 bits per heavy atom. The van der Waals surface area contributed by atoms with Crippen LogP contribution in [0.3, 0.4) is 0 Å². The highest BCUT2D eigenvalue weighted by atomic mass is 16.2. The highest BCUT2D eigenvalue weighted by Crippen LogP contribution is 2.42. The van der Waals surface area contributed by atoms with Crippen molar-refractivity contribution in [1.82, 2.24) is 14.9 Å². The van der Waals surface area contributed by atoms with Gasteiger partial charge in [-0.05, 0) is 31.9 Å². The fraction of sp³-hybridized carbons (Fsp3) is 0.438. The van der Waals surface area contributed by atoms with Crippen LogP contribution in [0.2, 0.25) is 0 Å². The molecule has 21 heavy (non-hydrogen) atoms. The molecule has 1 aromatic heterocycles. The standard InChI is InChI=1S/C16H17N3O2/c1-9(14-17-12-7-2-3-8-13(12)18-14)19-15(20)10-5-4-6-11(10)16(19)21/h2-3,7-11H,4-6H2,1H3,(H,17,18). The first-order valence-corrected chi connectivity index (χ1v) is 7.48. The van der Waals surface area contributed by atoms with Gasteiger partial charge in [0.05, 0.1) is 28.9 Å². The van der Waals surface area contributed by atoms with E-state index in [1.165, 1.54) is 4.90 Å². The van der Waals surface area contributed by atoms with Gasteiger partial charge >= 0.3 is 0 Å². The Bertz CT molecular complexity index is 681. The van der Waals surface area contributed by atoms with E-state index in [-0.39, 0.29) is 29.7 Å². The number of amides is 2. The van der Waals surface area contributed by atoms with Gasteiger partial charge in [-0.2, -0.15) is 0 Å². The van der Waals surface area contributed by atoms with Crippen LogP contribution in [0.15, 0.2) is 24.3 Å². The summed E-state index contributed by atoms with van der Waals surface area (Å²) in [6.07, 6.45) is 2.68. The van der Waals surface area contributed by atoms with Gasteiger partial charge in [-0.1, -0.05) is 18.6 Å². The zero-order valence-electron chi connectivity index (χ0n) is 11.9. The summed E-state index contributed by atoms with van der Waals surface area (Å²) in [6, 6.07) is 7.40. The molecule has 1 saturated carbocycles. The summed E-state index contributed by atoms with van der Waals surface area (Å²) in [6.45, 7) is 1.87.